The second-order valence-electron chi connectivity index (χ2n) is 7.32. The van der Waals surface area contributed by atoms with Crippen molar-refractivity contribution in [3.8, 4) is 0 Å². The van der Waals surface area contributed by atoms with Crippen molar-refractivity contribution in [2.24, 2.45) is 0 Å². The Labute approximate surface area is 179 Å². The summed E-state index contributed by atoms with van der Waals surface area (Å²) in [5, 5.41) is 9.61. The first-order valence-corrected chi connectivity index (χ1v) is 10.8. The number of nitrogens with zero attached hydrogens (tertiary/aromatic N) is 6. The molecule has 0 saturated heterocycles. The smallest absolute Gasteiger partial charge is 0.274 e. The molecule has 9 heteroatoms. The van der Waals surface area contributed by atoms with Gasteiger partial charge in [0.2, 0.25) is 0 Å². The Morgan fingerprint density at radius 3 is 2.90 bits per heavy atom. The van der Waals surface area contributed by atoms with Crippen molar-refractivity contribution in [2.75, 3.05) is 13.6 Å². The summed E-state index contributed by atoms with van der Waals surface area (Å²) in [5.41, 5.74) is 2.61. The van der Waals surface area contributed by atoms with Gasteiger partial charge in [-0.1, -0.05) is 30.3 Å². The van der Waals surface area contributed by atoms with Crippen molar-refractivity contribution in [1.82, 2.24) is 34.4 Å². The highest BCUT2D eigenvalue weighted by atomic mass is 32.1. The predicted molar refractivity (Wildman–Crippen MR) is 116 cm³/mol. The lowest BCUT2D eigenvalue weighted by molar-refractivity contribution is 0.0790. The number of fused-ring (bicyclic) bond motifs is 1. The van der Waals surface area contributed by atoms with E-state index in [1.807, 2.05) is 41.2 Å². The Hall–Kier alpha value is -3.04. The molecule has 0 aliphatic heterocycles. The lowest BCUT2D eigenvalue weighted by Gasteiger charge is -2.18. The van der Waals surface area contributed by atoms with E-state index < -0.39 is 0 Å². The third-order valence-corrected chi connectivity index (χ3v) is 5.79. The molecule has 8 nitrogen and oxygen atoms in total. The monoisotopic (exact) mass is 423 g/mol. The molecule has 1 atom stereocenters. The van der Waals surface area contributed by atoms with Crippen molar-refractivity contribution in [3.63, 3.8) is 0 Å². The zero-order valence-electron chi connectivity index (χ0n) is 17.1. The van der Waals surface area contributed by atoms with E-state index >= 15 is 0 Å². The normalized spacial score (nSPS) is 12.3. The molecule has 4 rings (SSSR count). The highest BCUT2D eigenvalue weighted by Gasteiger charge is 2.22. The van der Waals surface area contributed by atoms with Crippen LogP contribution in [0.4, 0.5) is 0 Å². The highest BCUT2D eigenvalue weighted by molar-refractivity contribution is 7.15. The van der Waals surface area contributed by atoms with E-state index in [9.17, 15) is 4.79 Å². The quantitative estimate of drug-likeness (QED) is 0.447. The number of aromatic nitrogens is 5. The Kier molecular flexibility index (Phi) is 6.20. The van der Waals surface area contributed by atoms with E-state index in [1.54, 1.807) is 15.9 Å². The average Bonchev–Trinajstić information content (AvgIpc) is 3.49. The molecule has 4 aromatic rings. The molecule has 0 aliphatic rings. The van der Waals surface area contributed by atoms with E-state index in [0.717, 1.165) is 17.1 Å². The fourth-order valence-corrected chi connectivity index (χ4v) is 4.07. The third-order valence-electron chi connectivity index (χ3n) is 5.03. The Bertz CT molecular complexity index is 1090. The molecule has 0 aliphatic carbocycles. The van der Waals surface area contributed by atoms with Crippen LogP contribution in [0.1, 0.15) is 28.7 Å². The standard InChI is InChI=1S/C21H25N7OS/c1-16(13-27-15-22-14-24-27)23-12-18-19(25-21-28(18)10-11-30-21)20(29)26(2)9-8-17-6-4-3-5-7-17/h3-7,10-11,14-16,23H,8-9,12-13H2,1-2H3. The van der Waals surface area contributed by atoms with Crippen molar-refractivity contribution >= 4 is 22.2 Å². The number of benzene rings is 1. The van der Waals surface area contributed by atoms with Gasteiger partial charge in [0.25, 0.3) is 5.91 Å². The van der Waals surface area contributed by atoms with Gasteiger partial charge in [0.15, 0.2) is 10.7 Å². The molecular formula is C21H25N7OS. The SMILES string of the molecule is CC(Cn1cncn1)NCc1c(C(=O)N(C)CCc2ccccc2)nc2sccn12. The van der Waals surface area contributed by atoms with Gasteiger partial charge in [0.05, 0.1) is 12.2 Å². The maximum atomic E-state index is 13.2. The summed E-state index contributed by atoms with van der Waals surface area (Å²) in [4.78, 5) is 24.3. The molecule has 0 saturated carbocycles. The van der Waals surface area contributed by atoms with Crippen LogP contribution in [-0.2, 0) is 19.5 Å². The first-order chi connectivity index (χ1) is 14.6. The summed E-state index contributed by atoms with van der Waals surface area (Å²) in [7, 11) is 1.84. The summed E-state index contributed by atoms with van der Waals surface area (Å²) in [6.07, 6.45) is 6.01. The average molecular weight is 424 g/mol. The van der Waals surface area contributed by atoms with Gasteiger partial charge in [0.1, 0.15) is 12.7 Å². The minimum atomic E-state index is -0.0532. The maximum Gasteiger partial charge on any atom is 0.274 e. The summed E-state index contributed by atoms with van der Waals surface area (Å²) in [5.74, 6) is -0.0532. The number of likely N-dealkylation sites (N-methyl/N-ethyl adjacent to an activating group) is 1. The van der Waals surface area contributed by atoms with Crippen LogP contribution in [0.2, 0.25) is 0 Å². The number of carbonyl (C=O) groups is 1. The lowest BCUT2D eigenvalue weighted by atomic mass is 10.1. The van der Waals surface area contributed by atoms with Crippen LogP contribution in [0.3, 0.4) is 0 Å². The molecule has 3 heterocycles. The first-order valence-electron chi connectivity index (χ1n) is 9.91. The molecule has 0 radical (unpaired) electrons. The highest BCUT2D eigenvalue weighted by Crippen LogP contribution is 2.19. The van der Waals surface area contributed by atoms with Gasteiger partial charge in [-0.05, 0) is 18.9 Å². The van der Waals surface area contributed by atoms with Gasteiger partial charge in [-0.2, -0.15) is 5.10 Å². The molecule has 1 unspecified atom stereocenters. The van der Waals surface area contributed by atoms with Crippen molar-refractivity contribution in [1.29, 1.82) is 0 Å². The topological polar surface area (TPSA) is 80.3 Å². The summed E-state index contributed by atoms with van der Waals surface area (Å²) in [6, 6.07) is 10.4. The van der Waals surface area contributed by atoms with E-state index in [0.29, 0.717) is 25.3 Å². The fraction of sp³-hybridized carbons (Fsp3) is 0.333. The minimum absolute atomic E-state index is 0.0532. The number of rotatable bonds is 9. The molecule has 3 aromatic heterocycles. The second kappa shape index (κ2) is 9.19. The number of hydrogen-bond donors (Lipinski definition) is 1. The number of hydrogen-bond acceptors (Lipinski definition) is 6. The van der Waals surface area contributed by atoms with Gasteiger partial charge < -0.3 is 10.2 Å². The third kappa shape index (κ3) is 4.58. The molecule has 1 amide bonds. The number of carbonyl (C=O) groups excluding carboxylic acids is 1. The molecule has 0 spiro atoms. The number of thiazole rings is 1. The molecular weight excluding hydrogens is 398 g/mol. The van der Waals surface area contributed by atoms with Gasteiger partial charge in [-0.15, -0.1) is 11.3 Å². The van der Waals surface area contributed by atoms with E-state index in [2.05, 4.69) is 39.4 Å². The van der Waals surface area contributed by atoms with E-state index in [1.165, 1.54) is 23.2 Å². The Balaban J connectivity index is 1.45. The molecule has 1 N–H and O–H groups in total. The molecule has 1 aromatic carbocycles. The van der Waals surface area contributed by atoms with Gasteiger partial charge in [0, 0.05) is 37.8 Å². The van der Waals surface area contributed by atoms with Crippen LogP contribution in [-0.4, -0.2) is 54.6 Å². The van der Waals surface area contributed by atoms with Crippen LogP contribution < -0.4 is 5.32 Å². The molecule has 0 fully saturated rings. The zero-order chi connectivity index (χ0) is 20.9. The number of imidazole rings is 1. The summed E-state index contributed by atoms with van der Waals surface area (Å²) in [6.45, 7) is 3.97. The number of amides is 1. The Morgan fingerprint density at radius 2 is 2.13 bits per heavy atom. The summed E-state index contributed by atoms with van der Waals surface area (Å²) < 4.78 is 3.79. The maximum absolute atomic E-state index is 13.2. The van der Waals surface area contributed by atoms with Crippen molar-refractivity contribution in [3.05, 3.63) is 71.5 Å². The first kappa shape index (κ1) is 20.2. The van der Waals surface area contributed by atoms with E-state index in [-0.39, 0.29) is 11.9 Å². The van der Waals surface area contributed by atoms with Crippen LogP contribution in [0, 0.1) is 0 Å². The van der Waals surface area contributed by atoms with Crippen molar-refractivity contribution in [2.45, 2.75) is 32.5 Å². The lowest BCUT2D eigenvalue weighted by Crippen LogP contribution is -2.33. The molecule has 0 bridgehead atoms. The number of nitrogens with one attached hydrogen (secondary N) is 1. The fourth-order valence-electron chi connectivity index (χ4n) is 3.34. The zero-order valence-corrected chi connectivity index (χ0v) is 17.9. The van der Waals surface area contributed by atoms with Gasteiger partial charge >= 0.3 is 0 Å². The van der Waals surface area contributed by atoms with Crippen LogP contribution in [0.25, 0.3) is 4.96 Å². The van der Waals surface area contributed by atoms with E-state index in [4.69, 9.17) is 0 Å². The van der Waals surface area contributed by atoms with Crippen LogP contribution in [0.15, 0.2) is 54.6 Å². The van der Waals surface area contributed by atoms with Crippen LogP contribution in [0.5, 0.6) is 0 Å². The van der Waals surface area contributed by atoms with Gasteiger partial charge in [-0.3, -0.25) is 13.9 Å². The second-order valence-corrected chi connectivity index (χ2v) is 8.20. The summed E-state index contributed by atoms with van der Waals surface area (Å²) >= 11 is 1.53. The predicted octanol–water partition coefficient (Wildman–Crippen LogP) is 2.48. The largest absolute Gasteiger partial charge is 0.340 e. The molecule has 30 heavy (non-hydrogen) atoms. The van der Waals surface area contributed by atoms with Gasteiger partial charge in [-0.25, -0.2) is 9.97 Å². The van der Waals surface area contributed by atoms with Crippen molar-refractivity contribution < 1.29 is 4.79 Å². The van der Waals surface area contributed by atoms with Crippen LogP contribution >= 0.6 is 11.3 Å². The minimum Gasteiger partial charge on any atom is -0.340 e. The molecule has 156 valence electrons. The Morgan fingerprint density at radius 1 is 1.30 bits per heavy atom.